The molecule has 4 aliphatic carbocycles. The van der Waals surface area contributed by atoms with Crippen molar-refractivity contribution in [2.75, 3.05) is 6.61 Å². The first-order valence-electron chi connectivity index (χ1n) is 14.2. The van der Waals surface area contributed by atoms with E-state index in [1.807, 2.05) is 0 Å². The van der Waals surface area contributed by atoms with E-state index >= 15 is 0 Å². The lowest BCUT2D eigenvalue weighted by Crippen LogP contribution is -2.62. The molecule has 0 spiro atoms. The van der Waals surface area contributed by atoms with Crippen molar-refractivity contribution >= 4 is 5.97 Å². The van der Waals surface area contributed by atoms with Crippen LogP contribution >= 0.6 is 0 Å². The van der Waals surface area contributed by atoms with Gasteiger partial charge in [-0.15, -0.1) is 0 Å². The summed E-state index contributed by atoms with van der Waals surface area (Å²) in [4.78, 5) is 11.8. The van der Waals surface area contributed by atoms with Crippen molar-refractivity contribution < 1.29 is 29.2 Å². The number of carbonyl (C=O) groups is 1. The molecule has 0 unspecified atom stereocenters. The number of hydrogen-bond acceptors (Lipinski definition) is 6. The van der Waals surface area contributed by atoms with Gasteiger partial charge in [0.05, 0.1) is 17.8 Å². The number of rotatable bonds is 3. The minimum absolute atomic E-state index is 0.143. The molecule has 0 aromatic rings. The summed E-state index contributed by atoms with van der Waals surface area (Å²) < 4.78 is 17.6. The Hall–Kier alpha value is -0.950. The molecule has 0 amide bonds. The second-order valence-corrected chi connectivity index (χ2v) is 13.3. The molecule has 2 aliphatic heterocycles. The molecule has 0 radical (unpaired) electrons. The van der Waals surface area contributed by atoms with Crippen LogP contribution < -0.4 is 0 Å². The van der Waals surface area contributed by atoms with E-state index in [2.05, 4.69) is 20.8 Å². The van der Waals surface area contributed by atoms with Crippen molar-refractivity contribution in [1.29, 1.82) is 0 Å². The zero-order chi connectivity index (χ0) is 24.6. The Morgan fingerprint density at radius 2 is 1.83 bits per heavy atom. The van der Waals surface area contributed by atoms with Crippen LogP contribution in [0.1, 0.15) is 91.4 Å². The molecule has 0 bridgehead atoms. The molecule has 0 aromatic carbocycles. The average molecular weight is 489 g/mol. The predicted molar refractivity (Wildman–Crippen MR) is 130 cm³/mol. The van der Waals surface area contributed by atoms with Gasteiger partial charge >= 0.3 is 5.97 Å². The third-order valence-electron chi connectivity index (χ3n) is 11.8. The third-order valence-corrected chi connectivity index (χ3v) is 11.8. The fourth-order valence-electron chi connectivity index (χ4n) is 9.74. The second-order valence-electron chi connectivity index (χ2n) is 13.3. The molecule has 6 nitrogen and oxygen atoms in total. The molecule has 6 aliphatic rings. The van der Waals surface area contributed by atoms with Crippen LogP contribution in [0.4, 0.5) is 0 Å². The summed E-state index contributed by atoms with van der Waals surface area (Å²) in [5.41, 5.74) is 0.488. The second kappa shape index (κ2) is 8.54. The van der Waals surface area contributed by atoms with Crippen LogP contribution in [-0.4, -0.2) is 53.0 Å². The van der Waals surface area contributed by atoms with Crippen molar-refractivity contribution in [2.45, 2.75) is 122 Å². The third kappa shape index (κ3) is 3.68. The van der Waals surface area contributed by atoms with Gasteiger partial charge < -0.3 is 24.4 Å². The smallest absolute Gasteiger partial charge is 0.331 e. The van der Waals surface area contributed by atoms with E-state index in [1.54, 1.807) is 6.08 Å². The topological polar surface area (TPSA) is 85.2 Å². The Labute approximate surface area is 209 Å². The Kier molecular flexibility index (Phi) is 5.95. The van der Waals surface area contributed by atoms with Crippen LogP contribution in [0, 0.1) is 34.5 Å². The van der Waals surface area contributed by atoms with Crippen LogP contribution in [-0.2, 0) is 19.0 Å². The normalized spacial score (nSPS) is 53.9. The van der Waals surface area contributed by atoms with Crippen molar-refractivity contribution in [3.8, 4) is 0 Å². The van der Waals surface area contributed by atoms with Crippen molar-refractivity contribution in [2.24, 2.45) is 34.5 Å². The number of aliphatic hydroxyl groups excluding tert-OH is 1. The molecular weight excluding hydrogens is 444 g/mol. The summed E-state index contributed by atoms with van der Waals surface area (Å²) in [5.74, 6) is 1.48. The minimum atomic E-state index is -0.662. The van der Waals surface area contributed by atoms with E-state index in [1.165, 1.54) is 0 Å². The first kappa shape index (κ1) is 24.4. The molecule has 196 valence electrons. The minimum Gasteiger partial charge on any atom is -0.458 e. The van der Waals surface area contributed by atoms with Crippen molar-refractivity contribution in [3.63, 3.8) is 0 Å². The highest BCUT2D eigenvalue weighted by Gasteiger charge is 2.67. The van der Waals surface area contributed by atoms with Gasteiger partial charge in [0.2, 0.25) is 0 Å². The zero-order valence-corrected chi connectivity index (χ0v) is 21.7. The number of fused-ring (bicyclic) bond motifs is 5. The van der Waals surface area contributed by atoms with Gasteiger partial charge in [0.25, 0.3) is 0 Å². The molecule has 2 N–H and O–H groups in total. The maximum atomic E-state index is 12.4. The van der Waals surface area contributed by atoms with Crippen LogP contribution in [0.25, 0.3) is 0 Å². The lowest BCUT2D eigenvalue weighted by Gasteiger charge is -2.64. The number of carbonyl (C=O) groups excluding carboxylic acids is 1. The molecule has 2 heterocycles. The van der Waals surface area contributed by atoms with Gasteiger partial charge in [0.15, 0.2) is 6.29 Å². The summed E-state index contributed by atoms with van der Waals surface area (Å²) in [5, 5.41) is 22.8. The number of hydrogen-bond donors (Lipinski definition) is 2. The van der Waals surface area contributed by atoms with Gasteiger partial charge in [-0.05, 0) is 112 Å². The zero-order valence-electron chi connectivity index (χ0n) is 21.7. The molecule has 35 heavy (non-hydrogen) atoms. The first-order valence-corrected chi connectivity index (χ1v) is 14.2. The van der Waals surface area contributed by atoms with Crippen LogP contribution in [0.2, 0.25) is 0 Å². The molecule has 1 saturated heterocycles. The quantitative estimate of drug-likeness (QED) is 0.449. The highest BCUT2D eigenvalue weighted by Crippen LogP contribution is 2.70. The van der Waals surface area contributed by atoms with Gasteiger partial charge in [0, 0.05) is 11.5 Å². The molecule has 6 rings (SSSR count). The van der Waals surface area contributed by atoms with E-state index in [0.29, 0.717) is 24.4 Å². The predicted octanol–water partition coefficient (Wildman–Crippen LogP) is 4.51. The van der Waals surface area contributed by atoms with Gasteiger partial charge in [-0.2, -0.15) is 0 Å². The van der Waals surface area contributed by atoms with Crippen LogP contribution in [0.3, 0.4) is 0 Å². The Bertz CT molecular complexity index is 886. The number of ether oxygens (including phenoxy) is 3. The van der Waals surface area contributed by atoms with Crippen LogP contribution in [0.5, 0.6) is 0 Å². The fourth-order valence-corrected chi connectivity index (χ4v) is 9.74. The number of aliphatic hydroxyl groups is 2. The van der Waals surface area contributed by atoms with E-state index in [0.717, 1.165) is 76.2 Å². The molecular formula is C29H44O6. The summed E-state index contributed by atoms with van der Waals surface area (Å²) in [7, 11) is 0. The summed E-state index contributed by atoms with van der Waals surface area (Å²) in [6, 6.07) is 0. The Morgan fingerprint density at radius 1 is 1.00 bits per heavy atom. The van der Waals surface area contributed by atoms with Crippen LogP contribution in [0.15, 0.2) is 11.6 Å². The molecule has 6 heteroatoms. The average Bonchev–Trinajstić information content (AvgIpc) is 3.36. The summed E-state index contributed by atoms with van der Waals surface area (Å²) in [6.45, 7) is 7.25. The van der Waals surface area contributed by atoms with E-state index < -0.39 is 18.0 Å². The lowest BCUT2D eigenvalue weighted by atomic mass is 9.43. The number of esters is 1. The maximum Gasteiger partial charge on any atom is 0.331 e. The number of cyclic esters (lactones) is 1. The molecule has 4 saturated carbocycles. The van der Waals surface area contributed by atoms with Gasteiger partial charge in [-0.25, -0.2) is 4.79 Å². The van der Waals surface area contributed by atoms with E-state index in [9.17, 15) is 15.0 Å². The van der Waals surface area contributed by atoms with Crippen molar-refractivity contribution in [3.05, 3.63) is 11.6 Å². The molecule has 11 atom stereocenters. The van der Waals surface area contributed by atoms with Gasteiger partial charge in [-0.3, -0.25) is 0 Å². The standard InChI is InChI=1S/C29H44O6/c1-17-4-7-24(30)26(34-17)35-20-8-11-27(2)19(15-20)5-6-23-22(27)9-12-28(3)21(10-13-29(23,28)32)18-14-25(31)33-16-18/h14,17,19-24,26,30,32H,4-13,15-16H2,1-3H3/t17-,19+,20-,21+,22-,23+,24+,26-,27-,28+,29-/m0/s1. The van der Waals surface area contributed by atoms with Crippen molar-refractivity contribution in [1.82, 2.24) is 0 Å². The van der Waals surface area contributed by atoms with Gasteiger partial charge in [-0.1, -0.05) is 13.8 Å². The lowest BCUT2D eigenvalue weighted by molar-refractivity contribution is -0.267. The maximum absolute atomic E-state index is 12.4. The largest absolute Gasteiger partial charge is 0.458 e. The highest BCUT2D eigenvalue weighted by molar-refractivity contribution is 5.85. The molecule has 0 aromatic heterocycles. The monoisotopic (exact) mass is 488 g/mol. The van der Waals surface area contributed by atoms with Gasteiger partial charge in [0.1, 0.15) is 12.7 Å². The Morgan fingerprint density at radius 3 is 2.60 bits per heavy atom. The fraction of sp³-hybridized carbons (Fsp3) is 0.897. The van der Waals surface area contributed by atoms with E-state index in [-0.39, 0.29) is 34.9 Å². The summed E-state index contributed by atoms with van der Waals surface area (Å²) in [6.07, 6.45) is 11.9. The highest BCUT2D eigenvalue weighted by atomic mass is 16.7. The Balaban J connectivity index is 1.17. The SMILES string of the molecule is C[C@H]1CC[C@@H](O)[C@H](O[C@H]2CC[C@@]3(C)[C@H](CC[C@@H]4[C@@H]3CC[C@]3(C)[C@@H](C5=CC(=O)OC5)CC[C@]43O)C2)O1. The molecule has 5 fully saturated rings. The first-order chi connectivity index (χ1) is 16.6. The van der Waals surface area contributed by atoms with E-state index in [4.69, 9.17) is 14.2 Å². The summed E-state index contributed by atoms with van der Waals surface area (Å²) >= 11 is 0.